The monoisotopic (exact) mass is 424 g/mol. The Balaban J connectivity index is 1.75. The quantitative estimate of drug-likeness (QED) is 0.454. The van der Waals surface area contributed by atoms with Gasteiger partial charge < -0.3 is 14.7 Å². The number of hydrogen-bond donors (Lipinski definition) is 1. The Hall–Kier alpha value is -3.03. The van der Waals surface area contributed by atoms with Crippen LogP contribution in [-0.4, -0.2) is 66.0 Å². The van der Waals surface area contributed by atoms with E-state index >= 15 is 0 Å². The van der Waals surface area contributed by atoms with E-state index in [-0.39, 0.29) is 23.4 Å². The van der Waals surface area contributed by atoms with Crippen molar-refractivity contribution >= 4 is 17.4 Å². The minimum absolute atomic E-state index is 0.0825. The number of likely N-dealkylation sites (tertiary alicyclic amines) is 1. The van der Waals surface area contributed by atoms with Crippen LogP contribution < -0.4 is 0 Å². The normalized spacial score (nSPS) is 21.6. The van der Waals surface area contributed by atoms with Crippen LogP contribution in [0.4, 0.5) is 4.39 Å². The Morgan fingerprint density at radius 2 is 1.74 bits per heavy atom. The fourth-order valence-corrected chi connectivity index (χ4v) is 4.07. The van der Waals surface area contributed by atoms with Gasteiger partial charge in [-0.2, -0.15) is 0 Å². The molecule has 31 heavy (non-hydrogen) atoms. The molecule has 0 aliphatic carbocycles. The van der Waals surface area contributed by atoms with Crippen LogP contribution in [0, 0.1) is 12.7 Å². The molecule has 2 saturated heterocycles. The van der Waals surface area contributed by atoms with Crippen molar-refractivity contribution in [2.75, 3.05) is 39.4 Å². The van der Waals surface area contributed by atoms with E-state index in [0.717, 1.165) is 18.7 Å². The van der Waals surface area contributed by atoms with Gasteiger partial charge in [-0.25, -0.2) is 4.39 Å². The topological polar surface area (TPSA) is 70.1 Å². The van der Waals surface area contributed by atoms with Crippen molar-refractivity contribution in [3.05, 3.63) is 76.6 Å². The summed E-state index contributed by atoms with van der Waals surface area (Å²) >= 11 is 0. The second-order valence-corrected chi connectivity index (χ2v) is 7.83. The first kappa shape index (κ1) is 21.2. The van der Waals surface area contributed by atoms with E-state index in [1.54, 1.807) is 30.3 Å². The number of amides is 1. The number of benzene rings is 2. The minimum Gasteiger partial charge on any atom is -0.507 e. The third kappa shape index (κ3) is 4.24. The summed E-state index contributed by atoms with van der Waals surface area (Å²) in [6.45, 7) is 5.38. The van der Waals surface area contributed by atoms with Crippen molar-refractivity contribution < 1.29 is 23.8 Å². The second kappa shape index (κ2) is 8.99. The van der Waals surface area contributed by atoms with Crippen molar-refractivity contribution in [3.8, 4) is 0 Å². The number of halogens is 1. The lowest BCUT2D eigenvalue weighted by molar-refractivity contribution is -0.140. The van der Waals surface area contributed by atoms with E-state index < -0.39 is 23.5 Å². The van der Waals surface area contributed by atoms with Crippen molar-refractivity contribution in [2.45, 2.75) is 13.0 Å². The summed E-state index contributed by atoms with van der Waals surface area (Å²) in [5.41, 5.74) is 1.52. The molecule has 0 unspecified atom stereocenters. The molecule has 0 spiro atoms. The van der Waals surface area contributed by atoms with Gasteiger partial charge in [0, 0.05) is 37.3 Å². The number of Topliss-reactive ketones (excluding diaryl/α,β-unsaturated/α-hetero) is 1. The molecule has 0 aromatic heterocycles. The predicted octanol–water partition coefficient (Wildman–Crippen LogP) is 2.89. The zero-order valence-corrected chi connectivity index (χ0v) is 17.4. The zero-order valence-electron chi connectivity index (χ0n) is 17.4. The first-order valence-corrected chi connectivity index (χ1v) is 10.4. The molecule has 2 fully saturated rings. The minimum atomic E-state index is -0.983. The molecule has 0 radical (unpaired) electrons. The highest BCUT2D eigenvalue weighted by molar-refractivity contribution is 6.46. The molecule has 6 nitrogen and oxygen atoms in total. The predicted molar refractivity (Wildman–Crippen MR) is 114 cm³/mol. The number of ether oxygens (including phenoxy) is 1. The van der Waals surface area contributed by atoms with Gasteiger partial charge in [0.25, 0.3) is 11.7 Å². The molecule has 7 heteroatoms. The summed E-state index contributed by atoms with van der Waals surface area (Å²) in [4.78, 5) is 29.4. The molecule has 2 heterocycles. The standard InChI is InChI=1S/C24H25FN2O4/c1-16-6-8-17(9-7-16)22(28)20-21(18-4-2-3-5-19(18)25)27(24(30)23(20)29)11-10-26-12-14-31-15-13-26/h2-9,21,28H,10-15H2,1H3/t21-/m1/s1. The number of rotatable bonds is 5. The number of aliphatic hydroxyl groups is 1. The molecule has 4 rings (SSSR count). The van der Waals surface area contributed by atoms with E-state index in [9.17, 15) is 19.1 Å². The van der Waals surface area contributed by atoms with E-state index in [1.165, 1.54) is 11.0 Å². The molecule has 162 valence electrons. The molecule has 1 amide bonds. The Kier molecular flexibility index (Phi) is 6.15. The summed E-state index contributed by atoms with van der Waals surface area (Å²) in [5, 5.41) is 11.0. The van der Waals surface area contributed by atoms with Crippen LogP contribution in [0.3, 0.4) is 0 Å². The molecule has 1 atom stereocenters. The Morgan fingerprint density at radius 3 is 2.42 bits per heavy atom. The fourth-order valence-electron chi connectivity index (χ4n) is 4.07. The number of nitrogens with zero attached hydrogens (tertiary/aromatic N) is 2. The number of aliphatic hydroxyl groups excluding tert-OH is 1. The fraction of sp³-hybridized carbons (Fsp3) is 0.333. The maximum absolute atomic E-state index is 14.8. The first-order chi connectivity index (χ1) is 15.0. The highest BCUT2D eigenvalue weighted by Crippen LogP contribution is 2.40. The number of carbonyl (C=O) groups is 2. The number of carbonyl (C=O) groups excluding carboxylic acids is 2. The maximum Gasteiger partial charge on any atom is 0.295 e. The Morgan fingerprint density at radius 1 is 1.06 bits per heavy atom. The second-order valence-electron chi connectivity index (χ2n) is 7.83. The molecule has 0 bridgehead atoms. The first-order valence-electron chi connectivity index (χ1n) is 10.4. The number of aryl methyl sites for hydroxylation is 1. The largest absolute Gasteiger partial charge is 0.507 e. The van der Waals surface area contributed by atoms with E-state index in [0.29, 0.717) is 25.3 Å². The van der Waals surface area contributed by atoms with Gasteiger partial charge in [0.2, 0.25) is 0 Å². The summed E-state index contributed by atoms with van der Waals surface area (Å²) < 4.78 is 20.1. The van der Waals surface area contributed by atoms with Gasteiger partial charge >= 0.3 is 0 Å². The van der Waals surface area contributed by atoms with Crippen LogP contribution in [-0.2, 0) is 14.3 Å². The lowest BCUT2D eigenvalue weighted by Crippen LogP contribution is -2.42. The average Bonchev–Trinajstić information content (AvgIpc) is 3.03. The van der Waals surface area contributed by atoms with Crippen molar-refractivity contribution in [3.63, 3.8) is 0 Å². The molecule has 2 aliphatic heterocycles. The third-order valence-electron chi connectivity index (χ3n) is 5.83. The average molecular weight is 424 g/mol. The van der Waals surface area contributed by atoms with Crippen LogP contribution >= 0.6 is 0 Å². The molecular formula is C24H25FN2O4. The van der Waals surface area contributed by atoms with Crippen LogP contribution in [0.25, 0.3) is 5.76 Å². The zero-order chi connectivity index (χ0) is 22.0. The molecular weight excluding hydrogens is 399 g/mol. The van der Waals surface area contributed by atoms with Gasteiger partial charge in [-0.05, 0) is 13.0 Å². The van der Waals surface area contributed by atoms with Crippen LogP contribution in [0.2, 0.25) is 0 Å². The highest BCUT2D eigenvalue weighted by atomic mass is 19.1. The SMILES string of the molecule is Cc1ccc(C(O)=C2C(=O)C(=O)N(CCN3CCOCC3)[C@@H]2c2ccccc2F)cc1. The number of hydrogen-bond acceptors (Lipinski definition) is 5. The van der Waals surface area contributed by atoms with Gasteiger partial charge in [-0.15, -0.1) is 0 Å². The summed E-state index contributed by atoms with van der Waals surface area (Å²) in [6.07, 6.45) is 0. The summed E-state index contributed by atoms with van der Waals surface area (Å²) in [5.74, 6) is -2.34. The Labute approximate surface area is 180 Å². The van der Waals surface area contributed by atoms with E-state index in [4.69, 9.17) is 4.74 Å². The van der Waals surface area contributed by atoms with Crippen molar-refractivity contribution in [2.24, 2.45) is 0 Å². The van der Waals surface area contributed by atoms with Gasteiger partial charge in [0.1, 0.15) is 11.6 Å². The van der Waals surface area contributed by atoms with Gasteiger partial charge in [-0.3, -0.25) is 14.5 Å². The van der Waals surface area contributed by atoms with E-state index in [1.807, 2.05) is 19.1 Å². The number of morpholine rings is 1. The lowest BCUT2D eigenvalue weighted by Gasteiger charge is -2.31. The van der Waals surface area contributed by atoms with Crippen LogP contribution in [0.5, 0.6) is 0 Å². The van der Waals surface area contributed by atoms with Gasteiger partial charge in [0.05, 0.1) is 24.8 Å². The number of ketones is 1. The van der Waals surface area contributed by atoms with Crippen LogP contribution in [0.15, 0.2) is 54.1 Å². The van der Waals surface area contributed by atoms with Gasteiger partial charge in [-0.1, -0.05) is 48.0 Å². The molecule has 2 aromatic rings. The molecule has 1 N–H and O–H groups in total. The van der Waals surface area contributed by atoms with Gasteiger partial charge in [0.15, 0.2) is 0 Å². The third-order valence-corrected chi connectivity index (χ3v) is 5.83. The molecule has 2 aliphatic rings. The van der Waals surface area contributed by atoms with Crippen molar-refractivity contribution in [1.82, 2.24) is 9.80 Å². The van der Waals surface area contributed by atoms with Crippen LogP contribution in [0.1, 0.15) is 22.7 Å². The molecule has 0 saturated carbocycles. The summed E-state index contributed by atoms with van der Waals surface area (Å²) in [7, 11) is 0. The summed E-state index contributed by atoms with van der Waals surface area (Å²) in [6, 6.07) is 12.1. The lowest BCUT2D eigenvalue weighted by atomic mass is 9.94. The molecule has 2 aromatic carbocycles. The van der Waals surface area contributed by atoms with E-state index in [2.05, 4.69) is 4.90 Å². The highest BCUT2D eigenvalue weighted by Gasteiger charge is 2.46. The Bertz CT molecular complexity index is 1010. The maximum atomic E-state index is 14.8. The van der Waals surface area contributed by atoms with Crippen molar-refractivity contribution in [1.29, 1.82) is 0 Å². The smallest absolute Gasteiger partial charge is 0.295 e.